The summed E-state index contributed by atoms with van der Waals surface area (Å²) in [5.74, 6) is -1.24. The Hall–Kier alpha value is -2.29. The summed E-state index contributed by atoms with van der Waals surface area (Å²) in [7, 11) is 0. The zero-order valence-corrected chi connectivity index (χ0v) is 14.3. The molecule has 1 amide bonds. The fourth-order valence-electron chi connectivity index (χ4n) is 3.14. The number of rotatable bonds is 5. The summed E-state index contributed by atoms with van der Waals surface area (Å²) in [6.07, 6.45) is 2.39. The van der Waals surface area contributed by atoms with E-state index in [-0.39, 0.29) is 24.2 Å². The molecule has 9 heteroatoms. The minimum atomic E-state index is -0.870. The second-order valence-electron chi connectivity index (χ2n) is 5.95. The number of aliphatic carboxylic acids is 1. The zero-order valence-electron chi connectivity index (χ0n) is 13.5. The SMILES string of the molecule is CCc1nc(C)c(C(=O)N2C[C@H](CC(=O)O)[C@H](c3cn[nH]n3)C2)s1. The predicted molar refractivity (Wildman–Crippen MR) is 87.0 cm³/mol. The molecule has 0 aromatic carbocycles. The fourth-order valence-corrected chi connectivity index (χ4v) is 4.11. The van der Waals surface area contributed by atoms with E-state index < -0.39 is 5.97 Å². The Morgan fingerprint density at radius 2 is 2.25 bits per heavy atom. The number of thiazole rings is 1. The first-order valence-corrected chi connectivity index (χ1v) is 8.64. The number of aromatic amines is 1. The van der Waals surface area contributed by atoms with Crippen LogP contribution in [0.4, 0.5) is 0 Å². The van der Waals surface area contributed by atoms with E-state index in [1.54, 1.807) is 11.1 Å². The lowest BCUT2D eigenvalue weighted by atomic mass is 9.91. The summed E-state index contributed by atoms with van der Waals surface area (Å²) >= 11 is 1.42. The second-order valence-corrected chi connectivity index (χ2v) is 7.03. The Morgan fingerprint density at radius 3 is 2.83 bits per heavy atom. The molecule has 1 aliphatic heterocycles. The summed E-state index contributed by atoms with van der Waals surface area (Å²) in [4.78, 5) is 30.8. The molecule has 0 unspecified atom stereocenters. The van der Waals surface area contributed by atoms with Crippen LogP contribution < -0.4 is 0 Å². The third kappa shape index (κ3) is 3.16. The van der Waals surface area contributed by atoms with Gasteiger partial charge in [-0.25, -0.2) is 4.98 Å². The minimum Gasteiger partial charge on any atom is -0.481 e. The van der Waals surface area contributed by atoms with Gasteiger partial charge in [-0.1, -0.05) is 6.92 Å². The number of carbonyl (C=O) groups is 2. The van der Waals surface area contributed by atoms with Crippen LogP contribution in [0.15, 0.2) is 6.20 Å². The van der Waals surface area contributed by atoms with E-state index >= 15 is 0 Å². The van der Waals surface area contributed by atoms with E-state index in [1.807, 2.05) is 13.8 Å². The molecular formula is C15H19N5O3S. The molecule has 3 rings (SSSR count). The van der Waals surface area contributed by atoms with Crippen LogP contribution in [0.25, 0.3) is 0 Å². The minimum absolute atomic E-state index is 0.00316. The summed E-state index contributed by atoms with van der Waals surface area (Å²) in [5.41, 5.74) is 1.44. The zero-order chi connectivity index (χ0) is 17.3. The van der Waals surface area contributed by atoms with E-state index in [0.29, 0.717) is 23.7 Å². The number of carbonyl (C=O) groups excluding carboxylic acids is 1. The van der Waals surface area contributed by atoms with Crippen molar-refractivity contribution in [3.8, 4) is 0 Å². The lowest BCUT2D eigenvalue weighted by Gasteiger charge is -2.15. The van der Waals surface area contributed by atoms with Crippen LogP contribution in [0.1, 0.15) is 45.3 Å². The van der Waals surface area contributed by atoms with Crippen molar-refractivity contribution in [1.29, 1.82) is 0 Å². The van der Waals surface area contributed by atoms with E-state index in [1.165, 1.54) is 11.3 Å². The third-order valence-electron chi connectivity index (χ3n) is 4.32. The van der Waals surface area contributed by atoms with Gasteiger partial charge in [0.1, 0.15) is 4.88 Å². The molecule has 3 heterocycles. The van der Waals surface area contributed by atoms with Crippen molar-refractivity contribution in [2.75, 3.05) is 13.1 Å². The van der Waals surface area contributed by atoms with Crippen molar-refractivity contribution in [2.24, 2.45) is 5.92 Å². The first-order chi connectivity index (χ1) is 11.5. The van der Waals surface area contributed by atoms with Crippen LogP contribution in [0.5, 0.6) is 0 Å². The van der Waals surface area contributed by atoms with Crippen molar-refractivity contribution in [1.82, 2.24) is 25.3 Å². The van der Waals surface area contributed by atoms with Crippen LogP contribution >= 0.6 is 11.3 Å². The molecule has 2 aromatic heterocycles. The van der Waals surface area contributed by atoms with Crippen LogP contribution in [0, 0.1) is 12.8 Å². The normalized spacial score (nSPS) is 20.5. The number of nitrogens with zero attached hydrogens (tertiary/aromatic N) is 4. The Bertz CT molecular complexity index is 742. The Balaban J connectivity index is 1.82. The maximum Gasteiger partial charge on any atom is 0.303 e. The molecule has 0 aliphatic carbocycles. The third-order valence-corrected chi connectivity index (χ3v) is 5.61. The van der Waals surface area contributed by atoms with Gasteiger partial charge in [-0.05, 0) is 19.3 Å². The number of carboxylic acid groups (broad SMARTS) is 1. The summed E-state index contributed by atoms with van der Waals surface area (Å²) < 4.78 is 0. The van der Waals surface area contributed by atoms with Gasteiger partial charge in [-0.3, -0.25) is 9.59 Å². The molecule has 1 saturated heterocycles. The van der Waals surface area contributed by atoms with Gasteiger partial charge in [0.25, 0.3) is 5.91 Å². The van der Waals surface area contributed by atoms with Gasteiger partial charge in [-0.2, -0.15) is 15.4 Å². The van der Waals surface area contributed by atoms with Gasteiger partial charge in [0.15, 0.2) is 0 Å². The van der Waals surface area contributed by atoms with Crippen LogP contribution in [-0.4, -0.2) is 55.4 Å². The van der Waals surface area contributed by atoms with E-state index in [2.05, 4.69) is 20.4 Å². The lowest BCUT2D eigenvalue weighted by molar-refractivity contribution is -0.138. The maximum absolute atomic E-state index is 12.8. The quantitative estimate of drug-likeness (QED) is 0.845. The second kappa shape index (κ2) is 6.68. The van der Waals surface area contributed by atoms with E-state index in [4.69, 9.17) is 5.11 Å². The topological polar surface area (TPSA) is 112 Å². The Kier molecular flexibility index (Phi) is 4.61. The van der Waals surface area contributed by atoms with Crippen molar-refractivity contribution >= 4 is 23.2 Å². The Labute approximate surface area is 142 Å². The highest BCUT2D eigenvalue weighted by Crippen LogP contribution is 2.35. The molecule has 128 valence electrons. The number of aryl methyl sites for hydroxylation is 2. The first-order valence-electron chi connectivity index (χ1n) is 7.82. The van der Waals surface area contributed by atoms with Gasteiger partial charge in [0.05, 0.1) is 29.0 Å². The largest absolute Gasteiger partial charge is 0.481 e. The van der Waals surface area contributed by atoms with Crippen molar-refractivity contribution in [3.63, 3.8) is 0 Å². The Morgan fingerprint density at radius 1 is 1.46 bits per heavy atom. The summed E-state index contributed by atoms with van der Waals surface area (Å²) in [6.45, 7) is 4.69. The molecule has 0 radical (unpaired) electrons. The molecule has 2 N–H and O–H groups in total. The van der Waals surface area contributed by atoms with Gasteiger partial charge in [0.2, 0.25) is 0 Å². The average molecular weight is 349 g/mol. The van der Waals surface area contributed by atoms with Crippen molar-refractivity contribution in [2.45, 2.75) is 32.6 Å². The number of hydrogen-bond acceptors (Lipinski definition) is 6. The smallest absolute Gasteiger partial charge is 0.303 e. The van der Waals surface area contributed by atoms with E-state index in [9.17, 15) is 9.59 Å². The van der Waals surface area contributed by atoms with Gasteiger partial charge in [0, 0.05) is 19.0 Å². The summed E-state index contributed by atoms with van der Waals surface area (Å²) in [6, 6.07) is 0. The average Bonchev–Trinajstić information content (AvgIpc) is 3.24. The molecule has 2 atom stereocenters. The molecule has 0 saturated carbocycles. The predicted octanol–water partition coefficient (Wildman–Crippen LogP) is 1.46. The maximum atomic E-state index is 12.8. The van der Waals surface area contributed by atoms with Crippen LogP contribution in [0.3, 0.4) is 0 Å². The molecular weight excluding hydrogens is 330 g/mol. The molecule has 8 nitrogen and oxygen atoms in total. The van der Waals surface area contributed by atoms with Crippen LogP contribution in [-0.2, 0) is 11.2 Å². The van der Waals surface area contributed by atoms with Crippen molar-refractivity contribution in [3.05, 3.63) is 27.5 Å². The van der Waals surface area contributed by atoms with Gasteiger partial charge in [-0.15, -0.1) is 11.3 Å². The van der Waals surface area contributed by atoms with Gasteiger partial charge >= 0.3 is 5.97 Å². The number of nitrogens with one attached hydrogen (secondary N) is 1. The number of carboxylic acids is 1. The van der Waals surface area contributed by atoms with E-state index in [0.717, 1.165) is 17.1 Å². The fraction of sp³-hybridized carbons (Fsp3) is 0.533. The standard InChI is InChI=1S/C15H19N5O3S/c1-3-12-17-8(2)14(24-12)15(23)20-6-9(4-13(21)22)10(7-20)11-5-16-19-18-11/h5,9-10H,3-4,6-7H2,1-2H3,(H,21,22)(H,16,18,19)/t9-,10+/m0/s1. The number of likely N-dealkylation sites (tertiary alicyclic amines) is 1. The molecule has 2 aromatic rings. The summed E-state index contributed by atoms with van der Waals surface area (Å²) in [5, 5.41) is 20.5. The number of amides is 1. The molecule has 1 fully saturated rings. The first kappa shape index (κ1) is 16.6. The highest BCUT2D eigenvalue weighted by atomic mass is 32.1. The molecule has 24 heavy (non-hydrogen) atoms. The molecule has 0 bridgehead atoms. The molecule has 0 spiro atoms. The lowest BCUT2D eigenvalue weighted by Crippen LogP contribution is -2.29. The monoisotopic (exact) mass is 349 g/mol. The highest BCUT2D eigenvalue weighted by Gasteiger charge is 2.39. The number of H-pyrrole nitrogens is 1. The van der Waals surface area contributed by atoms with Gasteiger partial charge < -0.3 is 10.0 Å². The highest BCUT2D eigenvalue weighted by molar-refractivity contribution is 7.13. The molecule has 1 aliphatic rings. The van der Waals surface area contributed by atoms with Crippen molar-refractivity contribution < 1.29 is 14.7 Å². The van der Waals surface area contributed by atoms with Crippen LogP contribution in [0.2, 0.25) is 0 Å². The number of aromatic nitrogens is 4. The number of hydrogen-bond donors (Lipinski definition) is 2.